The second-order valence-corrected chi connectivity index (χ2v) is 12.7. The molecule has 2 fully saturated rings. The van der Waals surface area contributed by atoms with E-state index in [0.29, 0.717) is 56.4 Å². The van der Waals surface area contributed by atoms with Gasteiger partial charge in [0.05, 0.1) is 6.04 Å². The molecule has 0 radical (unpaired) electrons. The van der Waals surface area contributed by atoms with E-state index in [2.05, 4.69) is 10.6 Å². The van der Waals surface area contributed by atoms with Crippen LogP contribution in [0.25, 0.3) is 0 Å². The summed E-state index contributed by atoms with van der Waals surface area (Å²) in [7, 11) is 0. The van der Waals surface area contributed by atoms with Crippen LogP contribution in [0, 0.1) is 11.7 Å². The molecular formula is C35H38ClFN4O3. The first-order chi connectivity index (χ1) is 21.3. The highest BCUT2D eigenvalue weighted by Gasteiger charge is 2.42. The smallest absolute Gasteiger partial charge is 0.246 e. The Morgan fingerprint density at radius 1 is 0.955 bits per heavy atom. The van der Waals surface area contributed by atoms with Gasteiger partial charge in [0.25, 0.3) is 0 Å². The van der Waals surface area contributed by atoms with Gasteiger partial charge in [-0.1, -0.05) is 73.0 Å². The van der Waals surface area contributed by atoms with Crippen LogP contribution < -0.4 is 10.6 Å². The summed E-state index contributed by atoms with van der Waals surface area (Å²) in [5, 5.41) is 7.00. The molecule has 3 atom stereocenters. The standard InChI is InChI=1S/C35H38ClFN4O3/c36-28-11-7-23(8-12-28)15-16-40-17-18-41(32(35(40)44)20-25-5-6-25)34(43)31(19-24-9-13-29(37)14-10-24)39-33(42)30-21-26-3-1-2-4-27(26)22-38-30/h1-4,7-14,25,30-32,38H,5-6,15-22H2,(H,39,42). The molecule has 3 aliphatic rings. The fraction of sp³-hybridized carbons (Fsp3) is 0.400. The van der Waals surface area contributed by atoms with Gasteiger partial charge in [0.2, 0.25) is 17.7 Å². The number of carbonyl (C=O) groups is 3. The third-order valence-corrected chi connectivity index (χ3v) is 9.32. The van der Waals surface area contributed by atoms with E-state index in [0.717, 1.165) is 35.1 Å². The molecular weight excluding hydrogens is 579 g/mol. The van der Waals surface area contributed by atoms with Gasteiger partial charge in [-0.2, -0.15) is 0 Å². The molecule has 44 heavy (non-hydrogen) atoms. The van der Waals surface area contributed by atoms with Gasteiger partial charge in [-0.15, -0.1) is 0 Å². The molecule has 0 aromatic heterocycles. The van der Waals surface area contributed by atoms with Crippen LogP contribution in [0.15, 0.2) is 72.8 Å². The maximum Gasteiger partial charge on any atom is 0.246 e. The molecule has 0 spiro atoms. The minimum Gasteiger partial charge on any atom is -0.343 e. The van der Waals surface area contributed by atoms with E-state index in [1.54, 1.807) is 17.0 Å². The van der Waals surface area contributed by atoms with Crippen LogP contribution in [0.1, 0.15) is 41.5 Å². The molecule has 3 unspecified atom stereocenters. The summed E-state index contributed by atoms with van der Waals surface area (Å²) < 4.78 is 13.7. The van der Waals surface area contributed by atoms with E-state index in [1.165, 1.54) is 12.1 Å². The van der Waals surface area contributed by atoms with Crippen molar-refractivity contribution in [2.45, 2.75) is 63.2 Å². The van der Waals surface area contributed by atoms with Gasteiger partial charge in [0, 0.05) is 37.6 Å². The lowest BCUT2D eigenvalue weighted by atomic mass is 9.95. The number of piperazine rings is 1. The number of fused-ring (bicyclic) bond motifs is 1. The quantitative estimate of drug-likeness (QED) is 0.356. The van der Waals surface area contributed by atoms with E-state index in [1.807, 2.05) is 53.4 Å². The van der Waals surface area contributed by atoms with Crippen molar-refractivity contribution in [3.63, 3.8) is 0 Å². The van der Waals surface area contributed by atoms with Gasteiger partial charge in [-0.05, 0) is 71.7 Å². The van der Waals surface area contributed by atoms with Crippen LogP contribution in [-0.4, -0.2) is 65.3 Å². The third kappa shape index (κ3) is 7.30. The normalized spacial score (nSPS) is 20.6. The van der Waals surface area contributed by atoms with Gasteiger partial charge in [0.15, 0.2) is 0 Å². The summed E-state index contributed by atoms with van der Waals surface area (Å²) in [5.74, 6) is -0.507. The van der Waals surface area contributed by atoms with E-state index in [-0.39, 0.29) is 30.0 Å². The highest BCUT2D eigenvalue weighted by Crippen LogP contribution is 2.36. The molecule has 1 aliphatic carbocycles. The predicted octanol–water partition coefficient (Wildman–Crippen LogP) is 4.30. The number of amides is 3. The SMILES string of the molecule is O=C(NC(Cc1ccc(F)cc1)C(=O)N1CCN(CCc2ccc(Cl)cc2)C(=O)C1CC1CC1)C1Cc2ccccc2CN1. The van der Waals surface area contributed by atoms with Crippen molar-refractivity contribution in [1.82, 2.24) is 20.4 Å². The molecule has 6 rings (SSSR count). The Morgan fingerprint density at radius 3 is 2.39 bits per heavy atom. The van der Waals surface area contributed by atoms with Crippen molar-refractivity contribution in [3.8, 4) is 0 Å². The van der Waals surface area contributed by atoms with E-state index in [9.17, 15) is 18.8 Å². The molecule has 3 amide bonds. The van der Waals surface area contributed by atoms with Crippen LogP contribution >= 0.6 is 11.6 Å². The zero-order chi connectivity index (χ0) is 30.6. The first kappa shape index (κ1) is 30.3. The van der Waals surface area contributed by atoms with Crippen LogP contribution in [0.4, 0.5) is 4.39 Å². The first-order valence-corrected chi connectivity index (χ1v) is 15.9. The number of nitrogens with one attached hydrogen (secondary N) is 2. The minimum absolute atomic E-state index is 0.0390. The van der Waals surface area contributed by atoms with Gasteiger partial charge in [-0.25, -0.2) is 4.39 Å². The second kappa shape index (κ2) is 13.5. The Morgan fingerprint density at radius 2 is 1.66 bits per heavy atom. The number of carbonyl (C=O) groups excluding carboxylic acids is 3. The lowest BCUT2D eigenvalue weighted by Crippen LogP contribution is -2.63. The highest BCUT2D eigenvalue weighted by molar-refractivity contribution is 6.30. The average molecular weight is 617 g/mol. The van der Waals surface area contributed by atoms with Gasteiger partial charge >= 0.3 is 0 Å². The number of rotatable bonds is 10. The van der Waals surface area contributed by atoms with Crippen molar-refractivity contribution >= 4 is 29.3 Å². The Labute approximate surface area is 262 Å². The second-order valence-electron chi connectivity index (χ2n) is 12.2. The molecule has 0 bridgehead atoms. The Balaban J connectivity index is 1.18. The lowest BCUT2D eigenvalue weighted by molar-refractivity contribution is -0.153. The molecule has 1 saturated heterocycles. The van der Waals surface area contributed by atoms with Crippen LogP contribution in [0.5, 0.6) is 0 Å². The topological polar surface area (TPSA) is 81.8 Å². The third-order valence-electron chi connectivity index (χ3n) is 9.07. The van der Waals surface area contributed by atoms with Gasteiger partial charge < -0.3 is 20.4 Å². The first-order valence-electron chi connectivity index (χ1n) is 15.5. The Hall–Kier alpha value is -3.75. The van der Waals surface area contributed by atoms with Crippen molar-refractivity contribution in [2.75, 3.05) is 19.6 Å². The summed E-state index contributed by atoms with van der Waals surface area (Å²) >= 11 is 6.03. The van der Waals surface area contributed by atoms with Crippen LogP contribution in [0.3, 0.4) is 0 Å². The Bertz CT molecular complexity index is 1490. The average Bonchev–Trinajstić information content (AvgIpc) is 3.86. The lowest BCUT2D eigenvalue weighted by Gasteiger charge is -2.42. The zero-order valence-electron chi connectivity index (χ0n) is 24.7. The maximum atomic E-state index is 14.3. The number of hydrogen-bond donors (Lipinski definition) is 2. The Kier molecular flexibility index (Phi) is 9.28. The summed E-state index contributed by atoms with van der Waals surface area (Å²) in [5.41, 5.74) is 4.10. The summed E-state index contributed by atoms with van der Waals surface area (Å²) in [6, 6.07) is 19.7. The molecule has 230 valence electrons. The van der Waals surface area contributed by atoms with Gasteiger partial charge in [0.1, 0.15) is 17.9 Å². The fourth-order valence-corrected chi connectivity index (χ4v) is 6.43. The summed E-state index contributed by atoms with van der Waals surface area (Å²) in [6.45, 7) is 1.96. The minimum atomic E-state index is -0.887. The maximum absolute atomic E-state index is 14.3. The summed E-state index contributed by atoms with van der Waals surface area (Å²) in [6.07, 6.45) is 4.17. The highest BCUT2D eigenvalue weighted by atomic mass is 35.5. The van der Waals surface area contributed by atoms with E-state index in [4.69, 9.17) is 11.6 Å². The molecule has 2 heterocycles. The molecule has 9 heteroatoms. The monoisotopic (exact) mass is 616 g/mol. The van der Waals surface area contributed by atoms with Crippen molar-refractivity contribution in [1.29, 1.82) is 0 Å². The molecule has 2 aliphatic heterocycles. The van der Waals surface area contributed by atoms with Crippen molar-refractivity contribution in [3.05, 3.63) is 106 Å². The van der Waals surface area contributed by atoms with Crippen LogP contribution in [-0.2, 0) is 40.2 Å². The number of hydrogen-bond acceptors (Lipinski definition) is 4. The largest absolute Gasteiger partial charge is 0.343 e. The van der Waals surface area contributed by atoms with E-state index >= 15 is 0 Å². The molecule has 3 aromatic rings. The van der Waals surface area contributed by atoms with E-state index < -0.39 is 18.1 Å². The molecule has 3 aromatic carbocycles. The number of nitrogens with zero attached hydrogens (tertiary/aromatic N) is 2. The number of benzene rings is 3. The summed E-state index contributed by atoms with van der Waals surface area (Å²) in [4.78, 5) is 45.3. The van der Waals surface area contributed by atoms with Crippen molar-refractivity contribution in [2.24, 2.45) is 5.92 Å². The zero-order valence-corrected chi connectivity index (χ0v) is 25.4. The molecule has 2 N–H and O–H groups in total. The molecule has 1 saturated carbocycles. The number of halogens is 2. The molecule has 7 nitrogen and oxygen atoms in total. The van der Waals surface area contributed by atoms with Gasteiger partial charge in [-0.3, -0.25) is 14.4 Å². The van der Waals surface area contributed by atoms with Crippen molar-refractivity contribution < 1.29 is 18.8 Å². The van der Waals surface area contributed by atoms with Crippen LogP contribution in [0.2, 0.25) is 5.02 Å². The fourth-order valence-electron chi connectivity index (χ4n) is 6.31. The predicted molar refractivity (Wildman–Crippen MR) is 167 cm³/mol.